The molecule has 5 aromatic rings. The molecule has 0 saturated carbocycles. The van der Waals surface area contributed by atoms with Gasteiger partial charge in [0.2, 0.25) is 0 Å². The molecule has 0 aliphatic carbocycles. The van der Waals surface area contributed by atoms with E-state index < -0.39 is 23.3 Å². The van der Waals surface area contributed by atoms with Gasteiger partial charge in [-0.1, -0.05) is 67.6 Å². The number of ether oxygens (including phenoxy) is 3. The largest absolute Gasteiger partial charge is 0.494 e. The van der Waals surface area contributed by atoms with Crippen LogP contribution >= 0.6 is 0 Å². The smallest absolute Gasteiger partial charge is 0.418 e. The van der Waals surface area contributed by atoms with Gasteiger partial charge in [0.1, 0.15) is 24.5 Å². The molecule has 256 valence electrons. The lowest BCUT2D eigenvalue weighted by atomic mass is 9.87. The van der Waals surface area contributed by atoms with Crippen LogP contribution in [0, 0.1) is 0 Å². The molecular weight excluding hydrogens is 647 g/mol. The monoisotopic (exact) mass is 681 g/mol. The molecule has 3 amide bonds. The Morgan fingerprint density at radius 3 is 2.48 bits per heavy atom. The summed E-state index contributed by atoms with van der Waals surface area (Å²) in [5, 5.41) is 3.29. The van der Waals surface area contributed by atoms with Crippen LogP contribution in [-0.4, -0.2) is 48.2 Å². The van der Waals surface area contributed by atoms with Crippen molar-refractivity contribution in [1.82, 2.24) is 15.2 Å². The maximum Gasteiger partial charge on any atom is 0.418 e. The average molecular weight is 682 g/mol. The van der Waals surface area contributed by atoms with Crippen molar-refractivity contribution in [2.75, 3.05) is 26.4 Å². The number of urea groups is 1. The number of imide groups is 1. The van der Waals surface area contributed by atoms with E-state index in [2.05, 4.69) is 10.3 Å². The fourth-order valence-corrected chi connectivity index (χ4v) is 6.72. The number of rotatable bonds is 10. The number of alkyl halides is 3. The predicted molar refractivity (Wildman–Crippen MR) is 181 cm³/mol. The third kappa shape index (κ3) is 6.19. The van der Waals surface area contributed by atoms with Gasteiger partial charge in [0.25, 0.3) is 5.91 Å². The molecule has 2 aliphatic rings. The fourth-order valence-electron chi connectivity index (χ4n) is 6.72. The van der Waals surface area contributed by atoms with Gasteiger partial charge >= 0.3 is 12.2 Å². The van der Waals surface area contributed by atoms with Crippen LogP contribution in [0.15, 0.2) is 97.2 Å². The van der Waals surface area contributed by atoms with E-state index in [1.165, 1.54) is 17.2 Å². The Kier molecular flexibility index (Phi) is 8.81. The van der Waals surface area contributed by atoms with E-state index in [4.69, 9.17) is 14.2 Å². The molecule has 1 saturated heterocycles. The standard InChI is InChI=1S/C39H34F3N3O5/c1-2-38(28-15-16-32-33(23-28)50-20-19-49-32)36(46)45(37(47)44-38)17-8-18-48-29-12-6-11-26(22-29)34-27(21-25-9-4-3-5-10-25)24-43-35-30(34)13-7-14-31(35)39(40,41)42/h3-7,9-16,22-24H,2,8,17-21H2,1H3,(H,44,47). The first-order valence-electron chi connectivity index (χ1n) is 16.5. The van der Waals surface area contributed by atoms with Crippen molar-refractivity contribution >= 4 is 22.8 Å². The number of hydrogen-bond acceptors (Lipinski definition) is 6. The third-order valence-electron chi connectivity index (χ3n) is 9.18. The number of nitrogens with one attached hydrogen (secondary N) is 1. The lowest BCUT2D eigenvalue weighted by Gasteiger charge is -2.27. The highest BCUT2D eigenvalue weighted by Crippen LogP contribution is 2.41. The Bertz CT molecular complexity index is 2070. The number of carbonyl (C=O) groups excluding carboxylic acids is 2. The maximum atomic E-state index is 14.0. The van der Waals surface area contributed by atoms with Gasteiger partial charge in [0.05, 0.1) is 17.7 Å². The van der Waals surface area contributed by atoms with Crippen LogP contribution in [0.2, 0.25) is 0 Å². The highest BCUT2D eigenvalue weighted by atomic mass is 19.4. The van der Waals surface area contributed by atoms with Crippen LogP contribution in [0.25, 0.3) is 22.0 Å². The molecule has 2 aliphatic heterocycles. The van der Waals surface area contributed by atoms with Crippen molar-refractivity contribution in [2.45, 2.75) is 37.9 Å². The highest BCUT2D eigenvalue weighted by molar-refractivity contribution is 6.07. The second-order valence-corrected chi connectivity index (χ2v) is 12.3. The van der Waals surface area contributed by atoms with E-state index in [1.54, 1.807) is 42.5 Å². The number of carbonyl (C=O) groups is 2. The van der Waals surface area contributed by atoms with Gasteiger partial charge in [-0.25, -0.2) is 4.79 Å². The number of nitrogens with zero attached hydrogens (tertiary/aromatic N) is 2. The lowest BCUT2D eigenvalue weighted by Crippen LogP contribution is -2.43. The third-order valence-corrected chi connectivity index (χ3v) is 9.18. The summed E-state index contributed by atoms with van der Waals surface area (Å²) in [6.07, 6.45) is -1.87. The summed E-state index contributed by atoms with van der Waals surface area (Å²) in [5.41, 5.74) is 1.58. The van der Waals surface area contributed by atoms with Crippen LogP contribution in [-0.2, 0) is 22.9 Å². The van der Waals surface area contributed by atoms with Gasteiger partial charge in [-0.05, 0) is 77.4 Å². The van der Waals surface area contributed by atoms with E-state index in [0.29, 0.717) is 71.8 Å². The summed E-state index contributed by atoms with van der Waals surface area (Å²) in [5.74, 6) is 1.28. The number of halogens is 3. The van der Waals surface area contributed by atoms with E-state index in [9.17, 15) is 22.8 Å². The van der Waals surface area contributed by atoms with Crippen molar-refractivity contribution in [3.05, 3.63) is 119 Å². The van der Waals surface area contributed by atoms with Gasteiger partial charge < -0.3 is 19.5 Å². The summed E-state index contributed by atoms with van der Waals surface area (Å²) in [6, 6.07) is 25.8. The minimum atomic E-state index is -4.57. The zero-order chi connectivity index (χ0) is 34.9. The number of hydrogen-bond donors (Lipinski definition) is 1. The number of amides is 3. The molecule has 1 unspecified atom stereocenters. The first-order chi connectivity index (χ1) is 24.2. The van der Waals surface area contributed by atoms with Crippen LogP contribution < -0.4 is 19.5 Å². The first kappa shape index (κ1) is 32.9. The number of aromatic nitrogens is 1. The zero-order valence-corrected chi connectivity index (χ0v) is 27.3. The summed E-state index contributed by atoms with van der Waals surface area (Å²) in [7, 11) is 0. The SMILES string of the molecule is CCC1(c2ccc3c(c2)OCCO3)NC(=O)N(CCCOc2cccc(-c3c(Cc4ccccc4)cnc4c(C(F)(F)F)cccc34)c2)C1=O. The molecule has 50 heavy (non-hydrogen) atoms. The molecule has 0 spiro atoms. The maximum absolute atomic E-state index is 14.0. The molecular formula is C39H34F3N3O5. The van der Waals surface area contributed by atoms with Gasteiger partial charge in [0.15, 0.2) is 11.5 Å². The normalized spacial score (nSPS) is 17.2. The van der Waals surface area contributed by atoms with E-state index >= 15 is 0 Å². The summed E-state index contributed by atoms with van der Waals surface area (Å²) in [6.45, 7) is 3.01. The molecule has 1 atom stereocenters. The van der Waals surface area contributed by atoms with Crippen molar-refractivity contribution in [2.24, 2.45) is 0 Å². The molecule has 1 aromatic heterocycles. The van der Waals surface area contributed by atoms with Crippen LogP contribution in [0.5, 0.6) is 17.2 Å². The number of benzene rings is 4. The van der Waals surface area contributed by atoms with Crippen LogP contribution in [0.4, 0.5) is 18.0 Å². The Labute approximate surface area is 286 Å². The molecule has 8 nitrogen and oxygen atoms in total. The average Bonchev–Trinajstić information content (AvgIpc) is 3.38. The summed E-state index contributed by atoms with van der Waals surface area (Å²) in [4.78, 5) is 32.3. The van der Waals surface area contributed by atoms with Gasteiger partial charge in [-0.3, -0.25) is 14.7 Å². The van der Waals surface area contributed by atoms with Crippen molar-refractivity contribution in [3.8, 4) is 28.4 Å². The number of pyridine rings is 1. The van der Waals surface area contributed by atoms with E-state index in [-0.39, 0.29) is 24.6 Å². The molecule has 0 radical (unpaired) electrons. The highest BCUT2D eigenvalue weighted by Gasteiger charge is 2.51. The first-order valence-corrected chi connectivity index (χ1v) is 16.5. The fraction of sp³-hybridized carbons (Fsp3) is 0.256. The van der Waals surface area contributed by atoms with Gasteiger partial charge in [-0.2, -0.15) is 13.2 Å². The Hall–Kier alpha value is -5.58. The van der Waals surface area contributed by atoms with E-state index in [0.717, 1.165) is 17.2 Å². The topological polar surface area (TPSA) is 90.0 Å². The molecule has 7 rings (SSSR count). The van der Waals surface area contributed by atoms with Crippen molar-refractivity contribution < 1.29 is 37.0 Å². The number of fused-ring (bicyclic) bond motifs is 2. The van der Waals surface area contributed by atoms with Gasteiger partial charge in [-0.15, -0.1) is 0 Å². The van der Waals surface area contributed by atoms with E-state index in [1.807, 2.05) is 43.3 Å². The second kappa shape index (κ2) is 13.4. The van der Waals surface area contributed by atoms with Crippen molar-refractivity contribution in [3.63, 3.8) is 0 Å². The van der Waals surface area contributed by atoms with Crippen LogP contribution in [0.3, 0.4) is 0 Å². The molecule has 1 fully saturated rings. The summed E-state index contributed by atoms with van der Waals surface area (Å²) >= 11 is 0. The molecule has 3 heterocycles. The quantitative estimate of drug-likeness (QED) is 0.119. The molecule has 4 aromatic carbocycles. The minimum Gasteiger partial charge on any atom is -0.494 e. The molecule has 11 heteroatoms. The minimum absolute atomic E-state index is 0.119. The lowest BCUT2D eigenvalue weighted by molar-refractivity contribution is -0.136. The number of para-hydroxylation sites is 1. The van der Waals surface area contributed by atoms with Crippen LogP contribution in [0.1, 0.15) is 42.0 Å². The summed E-state index contributed by atoms with van der Waals surface area (Å²) < 4.78 is 59.4. The Morgan fingerprint density at radius 1 is 0.920 bits per heavy atom. The van der Waals surface area contributed by atoms with Gasteiger partial charge in [0, 0.05) is 18.1 Å². The molecule has 0 bridgehead atoms. The zero-order valence-electron chi connectivity index (χ0n) is 27.3. The Morgan fingerprint density at radius 2 is 1.70 bits per heavy atom. The second-order valence-electron chi connectivity index (χ2n) is 12.3. The predicted octanol–water partition coefficient (Wildman–Crippen LogP) is 7.91. The molecule has 1 N–H and O–H groups in total. The Balaban J connectivity index is 1.09. The van der Waals surface area contributed by atoms with Crippen molar-refractivity contribution in [1.29, 1.82) is 0 Å².